The summed E-state index contributed by atoms with van der Waals surface area (Å²) in [5.74, 6) is 0.996. The maximum Gasteiger partial charge on any atom is 0.221 e. The molecular weight excluding hydrogens is 272 g/mol. The van der Waals surface area contributed by atoms with Crippen LogP contribution in [0.15, 0.2) is 36.4 Å². The molecule has 0 spiro atoms. The van der Waals surface area contributed by atoms with E-state index in [-0.39, 0.29) is 10.6 Å². The van der Waals surface area contributed by atoms with Gasteiger partial charge in [-0.15, -0.1) is 0 Å². The molecule has 3 nitrogen and oxygen atoms in total. The molecule has 102 valence electrons. The fourth-order valence-corrected chi connectivity index (χ4v) is 1.94. The van der Waals surface area contributed by atoms with Crippen LogP contribution < -0.4 is 4.74 Å². The SMILES string of the molecule is CC(C)(C)c1cccc(Oc2cc(C#N)cc(Cl)n2)c1. The molecule has 1 heterocycles. The molecule has 0 aliphatic rings. The van der Waals surface area contributed by atoms with E-state index in [0.717, 1.165) is 5.56 Å². The summed E-state index contributed by atoms with van der Waals surface area (Å²) < 4.78 is 5.69. The fourth-order valence-electron chi connectivity index (χ4n) is 1.74. The molecule has 0 aliphatic carbocycles. The molecule has 0 atom stereocenters. The van der Waals surface area contributed by atoms with Crippen molar-refractivity contribution < 1.29 is 4.74 Å². The highest BCUT2D eigenvalue weighted by Crippen LogP contribution is 2.28. The summed E-state index contributed by atoms with van der Waals surface area (Å²) in [5, 5.41) is 9.15. The third kappa shape index (κ3) is 3.49. The van der Waals surface area contributed by atoms with Gasteiger partial charge in [-0.05, 0) is 29.2 Å². The molecule has 2 aromatic rings. The van der Waals surface area contributed by atoms with Crippen molar-refractivity contribution in [2.75, 3.05) is 0 Å². The van der Waals surface area contributed by atoms with Crippen molar-refractivity contribution in [2.24, 2.45) is 0 Å². The predicted octanol–water partition coefficient (Wildman–Crippen LogP) is 4.70. The summed E-state index contributed by atoms with van der Waals surface area (Å²) in [4.78, 5) is 4.06. The lowest BCUT2D eigenvalue weighted by Crippen LogP contribution is -2.10. The Morgan fingerprint density at radius 2 is 1.95 bits per heavy atom. The molecule has 20 heavy (non-hydrogen) atoms. The van der Waals surface area contributed by atoms with Gasteiger partial charge in [0.05, 0.1) is 11.6 Å². The van der Waals surface area contributed by atoms with Gasteiger partial charge >= 0.3 is 0 Å². The van der Waals surface area contributed by atoms with Gasteiger partial charge < -0.3 is 4.74 Å². The van der Waals surface area contributed by atoms with Crippen LogP contribution in [-0.2, 0) is 5.41 Å². The fraction of sp³-hybridized carbons (Fsp3) is 0.250. The minimum absolute atomic E-state index is 0.0406. The Morgan fingerprint density at radius 3 is 2.60 bits per heavy atom. The number of benzene rings is 1. The Bertz CT molecular complexity index is 669. The Labute approximate surface area is 123 Å². The number of hydrogen-bond acceptors (Lipinski definition) is 3. The van der Waals surface area contributed by atoms with Crippen molar-refractivity contribution in [1.29, 1.82) is 5.26 Å². The van der Waals surface area contributed by atoms with E-state index in [0.29, 0.717) is 17.2 Å². The minimum Gasteiger partial charge on any atom is -0.439 e. The summed E-state index contributed by atoms with van der Waals surface area (Å²) >= 11 is 5.86. The Hall–Kier alpha value is -2.05. The van der Waals surface area contributed by atoms with Crippen molar-refractivity contribution >= 4 is 11.6 Å². The van der Waals surface area contributed by atoms with Crippen molar-refractivity contribution in [1.82, 2.24) is 4.98 Å². The van der Waals surface area contributed by atoms with Gasteiger partial charge in [-0.1, -0.05) is 44.5 Å². The normalized spacial score (nSPS) is 10.9. The number of nitriles is 1. The third-order valence-corrected chi connectivity index (χ3v) is 3.02. The van der Waals surface area contributed by atoms with Gasteiger partial charge in [0.15, 0.2) is 0 Å². The molecule has 0 fully saturated rings. The zero-order valence-corrected chi connectivity index (χ0v) is 12.4. The van der Waals surface area contributed by atoms with Crippen LogP contribution in [0, 0.1) is 11.3 Å². The van der Waals surface area contributed by atoms with Gasteiger partial charge in [-0.25, -0.2) is 4.98 Å². The zero-order chi connectivity index (χ0) is 14.8. The third-order valence-electron chi connectivity index (χ3n) is 2.82. The number of pyridine rings is 1. The molecule has 4 heteroatoms. The highest BCUT2D eigenvalue weighted by Gasteiger charge is 2.14. The molecule has 1 aromatic carbocycles. The average Bonchev–Trinajstić information content (AvgIpc) is 2.37. The first-order chi connectivity index (χ1) is 9.38. The van der Waals surface area contributed by atoms with Crippen LogP contribution in [0.25, 0.3) is 0 Å². The van der Waals surface area contributed by atoms with Crippen molar-refractivity contribution in [2.45, 2.75) is 26.2 Å². The van der Waals surface area contributed by atoms with Gasteiger partial charge in [0.2, 0.25) is 5.88 Å². The number of ether oxygens (including phenoxy) is 1. The second kappa shape index (κ2) is 5.52. The molecule has 0 unspecified atom stereocenters. The van der Waals surface area contributed by atoms with Crippen LogP contribution in [0.5, 0.6) is 11.6 Å². The highest BCUT2D eigenvalue weighted by atomic mass is 35.5. The number of hydrogen-bond donors (Lipinski definition) is 0. The first-order valence-electron chi connectivity index (χ1n) is 6.24. The standard InChI is InChI=1S/C16H15ClN2O/c1-16(2,3)12-5-4-6-13(9-12)20-15-8-11(10-18)7-14(17)19-15/h4-9H,1-3H3. The number of nitrogens with zero attached hydrogens (tertiary/aromatic N) is 2. The zero-order valence-electron chi connectivity index (χ0n) is 11.6. The van der Waals surface area contributed by atoms with Crippen LogP contribution >= 0.6 is 11.6 Å². The summed E-state index contributed by atoms with van der Waals surface area (Å²) in [6.07, 6.45) is 0. The summed E-state index contributed by atoms with van der Waals surface area (Å²) in [6.45, 7) is 6.41. The molecule has 1 aromatic heterocycles. The van der Waals surface area contributed by atoms with E-state index < -0.39 is 0 Å². The maximum atomic E-state index is 8.91. The Kier molecular flexibility index (Phi) is 3.96. The smallest absolute Gasteiger partial charge is 0.221 e. The van der Waals surface area contributed by atoms with Crippen molar-refractivity contribution in [3.8, 4) is 17.7 Å². The van der Waals surface area contributed by atoms with Crippen LogP contribution in [-0.4, -0.2) is 4.98 Å². The Morgan fingerprint density at radius 1 is 1.20 bits per heavy atom. The minimum atomic E-state index is 0.0406. The van der Waals surface area contributed by atoms with E-state index in [9.17, 15) is 0 Å². The predicted molar refractivity (Wildman–Crippen MR) is 79.2 cm³/mol. The van der Waals surface area contributed by atoms with E-state index in [1.54, 1.807) is 6.07 Å². The van der Waals surface area contributed by atoms with E-state index in [4.69, 9.17) is 21.6 Å². The lowest BCUT2D eigenvalue weighted by atomic mass is 9.87. The summed E-state index contributed by atoms with van der Waals surface area (Å²) in [5.41, 5.74) is 1.63. The van der Waals surface area contributed by atoms with Crippen LogP contribution in [0.1, 0.15) is 31.9 Å². The summed E-state index contributed by atoms with van der Waals surface area (Å²) in [7, 11) is 0. The lowest BCUT2D eigenvalue weighted by molar-refractivity contribution is 0.459. The van der Waals surface area contributed by atoms with Gasteiger partial charge in [0, 0.05) is 6.07 Å². The van der Waals surface area contributed by atoms with Gasteiger partial charge in [-0.3, -0.25) is 0 Å². The van der Waals surface area contributed by atoms with E-state index in [1.165, 1.54) is 6.07 Å². The number of aromatic nitrogens is 1. The van der Waals surface area contributed by atoms with E-state index in [2.05, 4.69) is 31.8 Å². The number of halogens is 1. The first kappa shape index (κ1) is 14.4. The van der Waals surface area contributed by atoms with Gasteiger partial charge in [-0.2, -0.15) is 5.26 Å². The Balaban J connectivity index is 2.31. The van der Waals surface area contributed by atoms with Crippen LogP contribution in [0.2, 0.25) is 5.15 Å². The molecule has 0 N–H and O–H groups in total. The second-order valence-corrected chi connectivity index (χ2v) is 5.90. The van der Waals surface area contributed by atoms with Crippen LogP contribution in [0.3, 0.4) is 0 Å². The average molecular weight is 287 g/mol. The lowest BCUT2D eigenvalue weighted by Gasteiger charge is -2.19. The van der Waals surface area contributed by atoms with Gasteiger partial charge in [0.25, 0.3) is 0 Å². The molecule has 0 bridgehead atoms. The quantitative estimate of drug-likeness (QED) is 0.752. The van der Waals surface area contributed by atoms with Crippen LogP contribution in [0.4, 0.5) is 0 Å². The molecule has 0 aliphatic heterocycles. The molecule has 0 saturated carbocycles. The molecule has 0 saturated heterocycles. The molecular formula is C16H15ClN2O. The van der Waals surface area contributed by atoms with Gasteiger partial charge in [0.1, 0.15) is 10.9 Å². The maximum absolute atomic E-state index is 8.91. The monoisotopic (exact) mass is 286 g/mol. The highest BCUT2D eigenvalue weighted by molar-refractivity contribution is 6.29. The molecule has 2 rings (SSSR count). The largest absolute Gasteiger partial charge is 0.439 e. The van der Waals surface area contributed by atoms with Crippen molar-refractivity contribution in [3.05, 3.63) is 52.7 Å². The second-order valence-electron chi connectivity index (χ2n) is 5.51. The topological polar surface area (TPSA) is 45.9 Å². The first-order valence-corrected chi connectivity index (χ1v) is 6.62. The van der Waals surface area contributed by atoms with E-state index in [1.807, 2.05) is 24.3 Å². The molecule has 0 amide bonds. The van der Waals surface area contributed by atoms with Crippen molar-refractivity contribution in [3.63, 3.8) is 0 Å². The van der Waals surface area contributed by atoms with E-state index >= 15 is 0 Å². The summed E-state index contributed by atoms with van der Waals surface area (Å²) in [6, 6.07) is 12.9. The molecule has 0 radical (unpaired) electrons. The number of rotatable bonds is 2.